The van der Waals surface area contributed by atoms with Crippen molar-refractivity contribution in [3.63, 3.8) is 0 Å². The maximum Gasteiger partial charge on any atom is 0.319 e. The molecule has 2 aliphatic heterocycles. The number of esters is 1. The van der Waals surface area contributed by atoms with Crippen LogP contribution in [0.5, 0.6) is 0 Å². The average Bonchev–Trinajstić information content (AvgIpc) is 3.21. The summed E-state index contributed by atoms with van der Waals surface area (Å²) >= 11 is 3.42. The second-order valence-electron chi connectivity index (χ2n) is 7.52. The number of hydrogen-bond donors (Lipinski definition) is 3. The van der Waals surface area contributed by atoms with Crippen LogP contribution in [0, 0.1) is 17.8 Å². The third kappa shape index (κ3) is 3.98. The number of hydrogen-bond acceptors (Lipinski definition) is 7. The van der Waals surface area contributed by atoms with Gasteiger partial charge in [-0.15, -0.1) is 23.5 Å². The highest BCUT2D eigenvalue weighted by Gasteiger charge is 2.52. The van der Waals surface area contributed by atoms with Gasteiger partial charge in [-0.3, -0.25) is 10.1 Å². The van der Waals surface area contributed by atoms with Gasteiger partial charge < -0.3 is 4.74 Å². The van der Waals surface area contributed by atoms with Crippen LogP contribution in [-0.4, -0.2) is 46.7 Å². The lowest BCUT2D eigenvalue weighted by Gasteiger charge is -2.32. The van der Waals surface area contributed by atoms with Gasteiger partial charge in [-0.2, -0.15) is 0 Å². The first-order valence-electron chi connectivity index (χ1n) is 9.52. The SMILES string of the molecule is CCOC(=O)C1SC2CCCC(F)C2C1CSC1NNC(C2CC2)N1. The van der Waals surface area contributed by atoms with Gasteiger partial charge in [0.1, 0.15) is 16.9 Å². The van der Waals surface area contributed by atoms with E-state index in [0.717, 1.165) is 24.5 Å². The van der Waals surface area contributed by atoms with Gasteiger partial charge >= 0.3 is 5.97 Å². The van der Waals surface area contributed by atoms with Crippen molar-refractivity contribution >= 4 is 29.5 Å². The predicted molar refractivity (Wildman–Crippen MR) is 99.7 cm³/mol. The highest BCUT2D eigenvalue weighted by Crippen LogP contribution is 2.52. The fourth-order valence-electron chi connectivity index (χ4n) is 4.37. The molecule has 0 aromatic rings. The molecule has 4 rings (SSSR count). The van der Waals surface area contributed by atoms with E-state index in [4.69, 9.17) is 4.74 Å². The van der Waals surface area contributed by atoms with Gasteiger partial charge in [0.15, 0.2) is 0 Å². The van der Waals surface area contributed by atoms with Gasteiger partial charge in [0.25, 0.3) is 0 Å². The van der Waals surface area contributed by atoms with E-state index in [1.54, 1.807) is 23.5 Å². The average molecular weight is 390 g/mol. The lowest BCUT2D eigenvalue weighted by Crippen LogP contribution is -2.39. The Morgan fingerprint density at radius 3 is 2.88 bits per heavy atom. The van der Waals surface area contributed by atoms with Gasteiger partial charge in [0.05, 0.1) is 12.8 Å². The molecule has 0 spiro atoms. The summed E-state index contributed by atoms with van der Waals surface area (Å²) in [5.74, 6) is 1.40. The summed E-state index contributed by atoms with van der Waals surface area (Å²) < 4.78 is 20.0. The summed E-state index contributed by atoms with van der Waals surface area (Å²) in [7, 11) is 0. The lowest BCUT2D eigenvalue weighted by molar-refractivity contribution is -0.143. The first-order valence-corrected chi connectivity index (χ1v) is 11.5. The number of carbonyl (C=O) groups excluding carboxylic acids is 1. The highest BCUT2D eigenvalue weighted by molar-refractivity contribution is 8.02. The summed E-state index contributed by atoms with van der Waals surface area (Å²) in [4.78, 5) is 12.4. The Balaban J connectivity index is 1.39. The molecule has 4 aliphatic rings. The Labute approximate surface area is 157 Å². The van der Waals surface area contributed by atoms with E-state index in [2.05, 4.69) is 16.2 Å². The van der Waals surface area contributed by atoms with Crippen LogP contribution in [0.1, 0.15) is 39.0 Å². The van der Waals surface area contributed by atoms with Crippen molar-refractivity contribution in [1.29, 1.82) is 0 Å². The zero-order chi connectivity index (χ0) is 17.4. The van der Waals surface area contributed by atoms with Crippen molar-refractivity contribution in [2.45, 2.75) is 67.4 Å². The van der Waals surface area contributed by atoms with E-state index in [-0.39, 0.29) is 33.8 Å². The first-order chi connectivity index (χ1) is 12.2. The van der Waals surface area contributed by atoms with Crippen LogP contribution in [-0.2, 0) is 9.53 Å². The van der Waals surface area contributed by atoms with E-state index in [9.17, 15) is 9.18 Å². The molecule has 2 saturated heterocycles. The smallest absolute Gasteiger partial charge is 0.319 e. The van der Waals surface area contributed by atoms with E-state index in [0.29, 0.717) is 19.2 Å². The van der Waals surface area contributed by atoms with E-state index in [1.165, 1.54) is 12.8 Å². The third-order valence-electron chi connectivity index (χ3n) is 5.79. The number of halogens is 1. The minimum atomic E-state index is -0.780. The molecule has 5 nitrogen and oxygen atoms in total. The van der Waals surface area contributed by atoms with Crippen LogP contribution < -0.4 is 16.2 Å². The molecule has 7 atom stereocenters. The molecule has 4 fully saturated rings. The standard InChI is InChI=1S/C17H28FN3O2S2/c1-2-23-16(22)14-10(13-11(18)4-3-5-12(13)25-14)8-24-17-19-15(20-21-17)9-6-7-9/h9-15,17,19-21H,2-8H2,1H3. The first kappa shape index (κ1) is 18.3. The largest absolute Gasteiger partial charge is 0.465 e. The number of fused-ring (bicyclic) bond motifs is 1. The minimum Gasteiger partial charge on any atom is -0.465 e. The molecule has 0 aromatic carbocycles. The van der Waals surface area contributed by atoms with Crippen LogP contribution >= 0.6 is 23.5 Å². The molecule has 8 heteroatoms. The monoisotopic (exact) mass is 389 g/mol. The van der Waals surface area contributed by atoms with Crippen LogP contribution in [0.2, 0.25) is 0 Å². The van der Waals surface area contributed by atoms with Crippen LogP contribution in [0.3, 0.4) is 0 Å². The molecule has 2 saturated carbocycles. The van der Waals surface area contributed by atoms with Crippen molar-refractivity contribution in [2.24, 2.45) is 17.8 Å². The maximum atomic E-state index is 14.7. The van der Waals surface area contributed by atoms with Crippen LogP contribution in [0.15, 0.2) is 0 Å². The molecule has 142 valence electrons. The molecule has 0 amide bonds. The summed E-state index contributed by atoms with van der Waals surface area (Å²) in [6.45, 7) is 2.23. The lowest BCUT2D eigenvalue weighted by atomic mass is 9.78. The zero-order valence-electron chi connectivity index (χ0n) is 14.6. The van der Waals surface area contributed by atoms with Gasteiger partial charge in [0, 0.05) is 16.9 Å². The third-order valence-corrected chi connectivity index (χ3v) is 8.69. The van der Waals surface area contributed by atoms with Crippen molar-refractivity contribution in [3.05, 3.63) is 0 Å². The maximum absolute atomic E-state index is 14.7. The van der Waals surface area contributed by atoms with Crippen molar-refractivity contribution < 1.29 is 13.9 Å². The Bertz CT molecular complexity index is 497. The summed E-state index contributed by atoms with van der Waals surface area (Å²) in [6, 6.07) is 0. The highest BCUT2D eigenvalue weighted by atomic mass is 32.2. The Morgan fingerprint density at radius 1 is 1.28 bits per heavy atom. The number of rotatable bonds is 6. The molecule has 0 radical (unpaired) electrons. The number of ether oxygens (including phenoxy) is 1. The topological polar surface area (TPSA) is 62.4 Å². The molecule has 0 aromatic heterocycles. The molecule has 2 heterocycles. The number of thioether (sulfide) groups is 2. The fourth-order valence-corrected chi connectivity index (χ4v) is 7.61. The van der Waals surface area contributed by atoms with Gasteiger partial charge in [-0.05, 0) is 50.9 Å². The zero-order valence-corrected chi connectivity index (χ0v) is 16.2. The molecule has 25 heavy (non-hydrogen) atoms. The molecule has 0 bridgehead atoms. The van der Waals surface area contributed by atoms with Gasteiger partial charge in [-0.1, -0.05) is 0 Å². The number of alkyl halides is 1. The Morgan fingerprint density at radius 2 is 2.12 bits per heavy atom. The van der Waals surface area contributed by atoms with Gasteiger partial charge in [0.2, 0.25) is 0 Å². The number of nitrogens with one attached hydrogen (secondary N) is 3. The molecule has 2 aliphatic carbocycles. The predicted octanol–water partition coefficient (Wildman–Crippen LogP) is 2.24. The van der Waals surface area contributed by atoms with E-state index in [1.807, 2.05) is 6.92 Å². The number of hydrazine groups is 1. The molecular weight excluding hydrogens is 361 g/mol. The van der Waals surface area contributed by atoms with Crippen LogP contribution in [0.25, 0.3) is 0 Å². The summed E-state index contributed by atoms with van der Waals surface area (Å²) in [5.41, 5.74) is 6.72. The van der Waals surface area contributed by atoms with Crippen molar-refractivity contribution in [1.82, 2.24) is 16.2 Å². The normalized spacial score (nSPS) is 43.8. The molecular formula is C17H28FN3O2S2. The van der Waals surface area contributed by atoms with E-state index < -0.39 is 6.17 Å². The quantitative estimate of drug-likeness (QED) is 0.602. The fraction of sp³-hybridized carbons (Fsp3) is 0.941. The Kier molecular flexibility index (Phi) is 5.81. The van der Waals surface area contributed by atoms with Gasteiger partial charge in [-0.25, -0.2) is 15.2 Å². The second kappa shape index (κ2) is 7.92. The van der Waals surface area contributed by atoms with Crippen molar-refractivity contribution in [2.75, 3.05) is 12.4 Å². The Hall–Kier alpha value is -0.0200. The summed E-state index contributed by atoms with van der Waals surface area (Å²) in [6.07, 6.45) is 4.72. The molecule has 7 unspecified atom stereocenters. The van der Waals surface area contributed by atoms with Crippen LogP contribution in [0.4, 0.5) is 4.39 Å². The summed E-state index contributed by atoms with van der Waals surface area (Å²) in [5, 5.41) is 3.61. The van der Waals surface area contributed by atoms with Crippen molar-refractivity contribution in [3.8, 4) is 0 Å². The number of carbonyl (C=O) groups is 1. The minimum absolute atomic E-state index is 0.00533. The second-order valence-corrected chi connectivity index (χ2v) is 10.0. The molecule has 3 N–H and O–H groups in total. The van der Waals surface area contributed by atoms with E-state index >= 15 is 0 Å².